The maximum absolute atomic E-state index is 12.5. The molecule has 454 valence electrons. The number of esters is 1. The number of hydrogen-bond donors (Lipinski definition) is 3. The van der Waals surface area contributed by atoms with Gasteiger partial charge in [0, 0.05) is 12.8 Å². The van der Waals surface area contributed by atoms with E-state index in [4.69, 9.17) is 4.74 Å². The lowest BCUT2D eigenvalue weighted by Crippen LogP contribution is -2.45. The van der Waals surface area contributed by atoms with Crippen LogP contribution in [0, 0.1) is 0 Å². The van der Waals surface area contributed by atoms with Crippen LogP contribution in [0.5, 0.6) is 0 Å². The molecule has 0 aliphatic carbocycles. The van der Waals surface area contributed by atoms with Crippen LogP contribution < -0.4 is 5.32 Å². The molecule has 0 heterocycles. The molecule has 0 aromatic rings. The van der Waals surface area contributed by atoms with Crippen LogP contribution in [0.3, 0.4) is 0 Å². The number of nitrogens with one attached hydrogen (secondary N) is 1. The molecule has 0 spiro atoms. The van der Waals surface area contributed by atoms with Crippen molar-refractivity contribution in [3.05, 3.63) is 36.5 Å². The quantitative estimate of drug-likeness (QED) is 0.0320. The fourth-order valence-corrected chi connectivity index (χ4v) is 10.8. The molecule has 0 aliphatic rings. The van der Waals surface area contributed by atoms with E-state index in [0.717, 1.165) is 51.4 Å². The van der Waals surface area contributed by atoms with Gasteiger partial charge in [-0.25, -0.2) is 0 Å². The Bertz CT molecular complexity index is 1250. The molecule has 0 aromatic heterocycles. The van der Waals surface area contributed by atoms with Gasteiger partial charge in [0.05, 0.1) is 25.4 Å². The number of unbranched alkanes of at least 4 members (excludes halogenated alkanes) is 50. The van der Waals surface area contributed by atoms with Crippen molar-refractivity contribution in [3.63, 3.8) is 0 Å². The molecule has 0 aromatic carbocycles. The molecule has 6 heteroatoms. The second kappa shape index (κ2) is 66.6. The number of amides is 1. The van der Waals surface area contributed by atoms with Crippen molar-refractivity contribution in [3.8, 4) is 0 Å². The summed E-state index contributed by atoms with van der Waals surface area (Å²) in [6, 6.07) is -0.634. The van der Waals surface area contributed by atoms with Crippen molar-refractivity contribution in [2.45, 2.75) is 392 Å². The van der Waals surface area contributed by atoms with Crippen LogP contribution in [0.15, 0.2) is 36.5 Å². The van der Waals surface area contributed by atoms with Gasteiger partial charge in [0.2, 0.25) is 5.91 Å². The fourth-order valence-electron chi connectivity index (χ4n) is 10.8. The highest BCUT2D eigenvalue weighted by Crippen LogP contribution is 2.18. The van der Waals surface area contributed by atoms with Gasteiger partial charge in [-0.1, -0.05) is 320 Å². The maximum Gasteiger partial charge on any atom is 0.305 e. The number of allylic oxidation sites excluding steroid dienone is 5. The van der Waals surface area contributed by atoms with Gasteiger partial charge in [-0.15, -0.1) is 0 Å². The fraction of sp³-hybridized carbons (Fsp3) is 0.887. The summed E-state index contributed by atoms with van der Waals surface area (Å²) in [5.74, 6) is -0.0649. The van der Waals surface area contributed by atoms with Gasteiger partial charge in [0.15, 0.2) is 0 Å². The zero-order chi connectivity index (χ0) is 55.7. The van der Waals surface area contributed by atoms with E-state index >= 15 is 0 Å². The molecule has 2 unspecified atom stereocenters. The lowest BCUT2D eigenvalue weighted by atomic mass is 10.0. The highest BCUT2D eigenvalue weighted by molar-refractivity contribution is 5.76. The maximum atomic E-state index is 12.5. The number of aliphatic hydroxyl groups excluding tert-OH is 2. The van der Waals surface area contributed by atoms with E-state index in [2.05, 4.69) is 43.5 Å². The van der Waals surface area contributed by atoms with Crippen molar-refractivity contribution in [1.29, 1.82) is 0 Å². The molecule has 0 radical (unpaired) electrons. The predicted molar refractivity (Wildman–Crippen MR) is 338 cm³/mol. The van der Waals surface area contributed by atoms with Gasteiger partial charge in [-0.2, -0.15) is 0 Å². The van der Waals surface area contributed by atoms with E-state index in [-0.39, 0.29) is 18.5 Å². The summed E-state index contributed by atoms with van der Waals surface area (Å²) in [6.45, 7) is 4.93. The van der Waals surface area contributed by atoms with Crippen LogP contribution in [-0.2, 0) is 14.3 Å². The molecule has 0 fully saturated rings. The summed E-state index contributed by atoms with van der Waals surface area (Å²) in [4.78, 5) is 24.6. The Morgan fingerprint density at radius 1 is 0.351 bits per heavy atom. The average molecular weight is 1080 g/mol. The molecule has 6 nitrogen and oxygen atoms in total. The van der Waals surface area contributed by atoms with Gasteiger partial charge >= 0.3 is 5.97 Å². The summed E-state index contributed by atoms with van der Waals surface area (Å²) >= 11 is 0. The molecular weight excluding hydrogens is 947 g/mol. The molecule has 2 atom stereocenters. The standard InChI is InChI=1S/C71H135NO5/c1-3-5-7-9-11-13-15-17-19-21-23-28-31-35-39-43-47-51-55-59-63-69(74)68(67-73)72-70(75)64-60-56-52-48-44-40-36-32-29-26-24-25-27-30-34-38-42-46-50-54-58-62-66-77-71(76)65-61-57-53-49-45-41-37-33-22-20-18-16-14-12-10-8-6-4-2/h20,22,26,29,59,63,68-69,73-74H,3-19,21,23-25,27-28,30-58,60-62,64-67H2,1-2H3,(H,72,75)/b22-20-,29-26-,63-59+. The number of aliphatic hydroxyl groups is 2. The summed E-state index contributed by atoms with van der Waals surface area (Å²) in [7, 11) is 0. The number of carbonyl (C=O) groups is 2. The van der Waals surface area contributed by atoms with Gasteiger partial charge in [0.1, 0.15) is 0 Å². The second-order valence-corrected chi connectivity index (χ2v) is 23.9. The van der Waals surface area contributed by atoms with Crippen molar-refractivity contribution in [2.24, 2.45) is 0 Å². The summed E-state index contributed by atoms with van der Waals surface area (Å²) in [5.41, 5.74) is 0. The zero-order valence-corrected chi connectivity index (χ0v) is 52.0. The van der Waals surface area contributed by atoms with Crippen LogP contribution in [0.1, 0.15) is 380 Å². The summed E-state index contributed by atoms with van der Waals surface area (Å²) in [5, 5.41) is 23.2. The largest absolute Gasteiger partial charge is 0.466 e. The number of carbonyl (C=O) groups excluding carboxylic acids is 2. The van der Waals surface area contributed by atoms with Gasteiger partial charge < -0.3 is 20.3 Å². The Labute approximate surface area is 481 Å². The molecule has 77 heavy (non-hydrogen) atoms. The molecule has 3 N–H and O–H groups in total. The van der Waals surface area contributed by atoms with Crippen LogP contribution >= 0.6 is 0 Å². The van der Waals surface area contributed by atoms with E-state index in [1.54, 1.807) is 6.08 Å². The van der Waals surface area contributed by atoms with E-state index in [1.807, 2.05) is 6.08 Å². The Hall–Kier alpha value is -1.92. The monoisotopic (exact) mass is 1080 g/mol. The lowest BCUT2D eigenvalue weighted by molar-refractivity contribution is -0.143. The highest BCUT2D eigenvalue weighted by Gasteiger charge is 2.18. The first-order valence-corrected chi connectivity index (χ1v) is 34.8. The zero-order valence-electron chi connectivity index (χ0n) is 52.0. The van der Waals surface area contributed by atoms with Crippen molar-refractivity contribution in [1.82, 2.24) is 5.32 Å². The van der Waals surface area contributed by atoms with Crippen LogP contribution in [-0.4, -0.2) is 47.4 Å². The van der Waals surface area contributed by atoms with E-state index in [0.29, 0.717) is 19.4 Å². The minimum absolute atomic E-state index is 0.00701. The Morgan fingerprint density at radius 2 is 0.610 bits per heavy atom. The first-order chi connectivity index (χ1) is 38.0. The van der Waals surface area contributed by atoms with Crippen LogP contribution in [0.25, 0.3) is 0 Å². The predicted octanol–water partition coefficient (Wildman–Crippen LogP) is 22.3. The van der Waals surface area contributed by atoms with Gasteiger partial charge in [-0.05, 0) is 83.5 Å². The van der Waals surface area contributed by atoms with Crippen LogP contribution in [0.2, 0.25) is 0 Å². The summed E-state index contributed by atoms with van der Waals surface area (Å²) < 4.78 is 5.50. The van der Waals surface area contributed by atoms with Crippen LogP contribution in [0.4, 0.5) is 0 Å². The molecule has 0 saturated heterocycles. The molecule has 0 aliphatic heterocycles. The van der Waals surface area contributed by atoms with Crippen molar-refractivity contribution < 1.29 is 24.5 Å². The van der Waals surface area contributed by atoms with Crippen molar-refractivity contribution >= 4 is 11.9 Å². The van der Waals surface area contributed by atoms with E-state index in [9.17, 15) is 19.8 Å². The molecular formula is C71H135NO5. The first-order valence-electron chi connectivity index (χ1n) is 34.8. The number of ether oxygens (including phenoxy) is 1. The molecule has 0 saturated carbocycles. The van der Waals surface area contributed by atoms with Crippen molar-refractivity contribution in [2.75, 3.05) is 13.2 Å². The SMILES string of the molecule is CCCCCCCCC/C=C\CCCCCCCCCC(=O)OCCCCCCCCCCCCC/C=C\CCCCCCCCCC(=O)NC(CO)C(O)/C=C/CCCCCCCCCCCCCCCCCCCC. The normalized spacial score (nSPS) is 12.7. The third-order valence-corrected chi connectivity index (χ3v) is 16.1. The lowest BCUT2D eigenvalue weighted by Gasteiger charge is -2.20. The second-order valence-electron chi connectivity index (χ2n) is 23.9. The molecule has 0 bridgehead atoms. The minimum Gasteiger partial charge on any atom is -0.466 e. The van der Waals surface area contributed by atoms with E-state index in [1.165, 1.54) is 302 Å². The first kappa shape index (κ1) is 75.1. The number of hydrogen-bond acceptors (Lipinski definition) is 5. The smallest absolute Gasteiger partial charge is 0.305 e. The Morgan fingerprint density at radius 3 is 0.922 bits per heavy atom. The third kappa shape index (κ3) is 63.1. The Kier molecular flexibility index (Phi) is 64.9. The van der Waals surface area contributed by atoms with E-state index < -0.39 is 12.1 Å². The summed E-state index contributed by atoms with van der Waals surface area (Å²) in [6.07, 6.45) is 84.9. The van der Waals surface area contributed by atoms with Gasteiger partial charge in [-0.3, -0.25) is 9.59 Å². The highest BCUT2D eigenvalue weighted by atomic mass is 16.5. The topological polar surface area (TPSA) is 95.9 Å². The molecule has 0 rings (SSSR count). The van der Waals surface area contributed by atoms with Gasteiger partial charge in [0.25, 0.3) is 0 Å². The minimum atomic E-state index is -0.850. The number of rotatable bonds is 65. The molecule has 1 amide bonds. The Balaban J connectivity index is 3.43. The average Bonchev–Trinajstić information content (AvgIpc) is 3.43. The third-order valence-electron chi connectivity index (χ3n) is 16.1.